The van der Waals surface area contributed by atoms with Crippen LogP contribution in [0.2, 0.25) is 0 Å². The average molecular weight is 329 g/mol. The summed E-state index contributed by atoms with van der Waals surface area (Å²) in [5.41, 5.74) is 0.483. The first-order valence-electron chi connectivity index (χ1n) is 8.08. The summed E-state index contributed by atoms with van der Waals surface area (Å²) in [5.74, 6) is 0.976. The van der Waals surface area contributed by atoms with E-state index in [0.717, 1.165) is 32.0 Å². The number of benzene rings is 1. The van der Waals surface area contributed by atoms with Gasteiger partial charge in [0.1, 0.15) is 17.9 Å². The van der Waals surface area contributed by atoms with Gasteiger partial charge in [0.05, 0.1) is 11.8 Å². The minimum atomic E-state index is -0.479. The monoisotopic (exact) mass is 329 g/mol. The molecule has 6 heteroatoms. The summed E-state index contributed by atoms with van der Waals surface area (Å²) >= 11 is 0. The smallest absolute Gasteiger partial charge is 0.188 e. The zero-order valence-electron chi connectivity index (χ0n) is 13.8. The number of nitrogens with zero attached hydrogens (tertiary/aromatic N) is 3. The molecular formula is C18H20FN3O2. The number of aldehydes is 1. The molecule has 0 saturated carbocycles. The quantitative estimate of drug-likeness (QED) is 0.754. The molecule has 5 nitrogen and oxygen atoms in total. The first-order valence-corrected chi connectivity index (χ1v) is 8.08. The highest BCUT2D eigenvalue weighted by molar-refractivity contribution is 5.79. The highest BCUT2D eigenvalue weighted by Gasteiger charge is 2.41. The van der Waals surface area contributed by atoms with Gasteiger partial charge in [0, 0.05) is 18.5 Å². The van der Waals surface area contributed by atoms with Gasteiger partial charge in [0.2, 0.25) is 0 Å². The number of ether oxygens (including phenoxy) is 1. The van der Waals surface area contributed by atoms with Crippen LogP contribution >= 0.6 is 0 Å². The van der Waals surface area contributed by atoms with Crippen molar-refractivity contribution in [3.05, 3.63) is 42.1 Å². The van der Waals surface area contributed by atoms with Crippen molar-refractivity contribution in [3.8, 4) is 11.5 Å². The predicted octanol–water partition coefficient (Wildman–Crippen LogP) is 3.85. The van der Waals surface area contributed by atoms with Crippen LogP contribution in [0.4, 0.5) is 10.2 Å². The third kappa shape index (κ3) is 2.96. The number of halogens is 1. The molecule has 0 aliphatic carbocycles. The molecule has 0 radical (unpaired) electrons. The van der Waals surface area contributed by atoms with Gasteiger partial charge in [-0.25, -0.2) is 14.4 Å². The van der Waals surface area contributed by atoms with Gasteiger partial charge in [0.15, 0.2) is 17.9 Å². The Hall–Kier alpha value is -2.50. The van der Waals surface area contributed by atoms with E-state index in [1.54, 1.807) is 6.20 Å². The molecule has 2 heterocycles. The van der Waals surface area contributed by atoms with Crippen molar-refractivity contribution >= 4 is 12.1 Å². The fourth-order valence-electron chi connectivity index (χ4n) is 3.05. The number of anilines is 1. The van der Waals surface area contributed by atoms with Gasteiger partial charge in [-0.3, -0.25) is 4.79 Å². The summed E-state index contributed by atoms with van der Waals surface area (Å²) in [6, 6.07) is 3.84. The van der Waals surface area contributed by atoms with Crippen molar-refractivity contribution in [3.63, 3.8) is 0 Å². The minimum absolute atomic E-state index is 0.157. The maximum Gasteiger partial charge on any atom is 0.188 e. The van der Waals surface area contributed by atoms with E-state index in [2.05, 4.69) is 28.7 Å². The van der Waals surface area contributed by atoms with E-state index in [9.17, 15) is 9.18 Å². The Labute approximate surface area is 140 Å². The largest absolute Gasteiger partial charge is 0.451 e. The fourth-order valence-corrected chi connectivity index (χ4v) is 3.05. The first kappa shape index (κ1) is 16.4. The van der Waals surface area contributed by atoms with Crippen molar-refractivity contribution < 1.29 is 13.9 Å². The molecule has 24 heavy (non-hydrogen) atoms. The second kappa shape index (κ2) is 6.55. The van der Waals surface area contributed by atoms with Crippen LogP contribution in [0, 0.1) is 11.2 Å². The Morgan fingerprint density at radius 3 is 2.71 bits per heavy atom. The summed E-state index contributed by atoms with van der Waals surface area (Å²) in [7, 11) is 0. The third-order valence-corrected chi connectivity index (χ3v) is 4.83. The Balaban J connectivity index is 1.85. The van der Waals surface area contributed by atoms with Gasteiger partial charge < -0.3 is 9.64 Å². The van der Waals surface area contributed by atoms with E-state index in [1.165, 1.54) is 18.5 Å². The van der Waals surface area contributed by atoms with Gasteiger partial charge >= 0.3 is 0 Å². The van der Waals surface area contributed by atoms with Gasteiger partial charge in [-0.05, 0) is 31.0 Å². The lowest BCUT2D eigenvalue weighted by molar-refractivity contribution is 0.112. The zero-order valence-corrected chi connectivity index (χ0v) is 13.8. The van der Waals surface area contributed by atoms with E-state index in [4.69, 9.17) is 4.74 Å². The van der Waals surface area contributed by atoms with Gasteiger partial charge in [-0.2, -0.15) is 0 Å². The van der Waals surface area contributed by atoms with E-state index in [0.29, 0.717) is 29.0 Å². The number of hydrogen-bond acceptors (Lipinski definition) is 5. The van der Waals surface area contributed by atoms with Crippen molar-refractivity contribution in [2.24, 2.45) is 5.41 Å². The Morgan fingerprint density at radius 1 is 1.29 bits per heavy atom. The summed E-state index contributed by atoms with van der Waals surface area (Å²) in [6.07, 6.45) is 5.86. The molecule has 0 unspecified atom stereocenters. The van der Waals surface area contributed by atoms with Crippen LogP contribution < -0.4 is 9.64 Å². The predicted molar refractivity (Wildman–Crippen MR) is 89.1 cm³/mol. The van der Waals surface area contributed by atoms with Crippen LogP contribution in [-0.4, -0.2) is 29.3 Å². The van der Waals surface area contributed by atoms with E-state index >= 15 is 0 Å². The Morgan fingerprint density at radius 2 is 2.04 bits per heavy atom. The topological polar surface area (TPSA) is 55.3 Å². The zero-order chi connectivity index (χ0) is 17.2. The SMILES string of the molecule is CCC1(CC)CN(c2ncncc2Oc2ccc(F)cc2C=O)C1. The number of carbonyl (C=O) groups is 1. The molecule has 0 atom stereocenters. The second-order valence-corrected chi connectivity index (χ2v) is 6.18. The van der Waals surface area contributed by atoms with Crippen molar-refractivity contribution in [2.75, 3.05) is 18.0 Å². The van der Waals surface area contributed by atoms with Crippen LogP contribution in [0.15, 0.2) is 30.7 Å². The normalized spacial score (nSPS) is 15.7. The average Bonchev–Trinajstić information content (AvgIpc) is 2.57. The molecule has 0 bridgehead atoms. The molecular weight excluding hydrogens is 309 g/mol. The van der Waals surface area contributed by atoms with Crippen LogP contribution in [0.1, 0.15) is 37.0 Å². The fraction of sp³-hybridized carbons (Fsp3) is 0.389. The molecule has 1 aliphatic heterocycles. The number of rotatable bonds is 6. The molecule has 1 aromatic carbocycles. The number of carbonyl (C=O) groups excluding carboxylic acids is 1. The highest BCUT2D eigenvalue weighted by Crippen LogP contribution is 2.42. The van der Waals surface area contributed by atoms with Crippen LogP contribution in [0.3, 0.4) is 0 Å². The molecule has 1 fully saturated rings. The number of hydrogen-bond donors (Lipinski definition) is 0. The van der Waals surface area contributed by atoms with Gasteiger partial charge in [-0.1, -0.05) is 13.8 Å². The molecule has 126 valence electrons. The van der Waals surface area contributed by atoms with Crippen molar-refractivity contribution in [2.45, 2.75) is 26.7 Å². The summed E-state index contributed by atoms with van der Waals surface area (Å²) < 4.78 is 19.1. The lowest BCUT2D eigenvalue weighted by Crippen LogP contribution is -2.56. The Bertz CT molecular complexity index is 739. The molecule has 2 aromatic rings. The molecule has 1 saturated heterocycles. The standard InChI is InChI=1S/C18H20FN3O2/c1-3-18(4-2)10-22(11-18)17-16(8-20-12-21-17)24-15-6-5-14(19)7-13(15)9-23/h5-9,12H,3-4,10-11H2,1-2H3. The second-order valence-electron chi connectivity index (χ2n) is 6.18. The Kier molecular flexibility index (Phi) is 4.46. The molecule has 0 amide bonds. The molecule has 3 rings (SSSR count). The van der Waals surface area contributed by atoms with Crippen molar-refractivity contribution in [1.82, 2.24) is 9.97 Å². The summed E-state index contributed by atoms with van der Waals surface area (Å²) in [5, 5.41) is 0. The van der Waals surface area contributed by atoms with Crippen molar-refractivity contribution in [1.29, 1.82) is 0 Å². The minimum Gasteiger partial charge on any atom is -0.451 e. The van der Waals surface area contributed by atoms with Crippen LogP contribution in [0.25, 0.3) is 0 Å². The maximum absolute atomic E-state index is 13.3. The number of aromatic nitrogens is 2. The van der Waals surface area contributed by atoms with Gasteiger partial charge in [0.25, 0.3) is 0 Å². The van der Waals surface area contributed by atoms with E-state index < -0.39 is 5.82 Å². The van der Waals surface area contributed by atoms with Crippen LogP contribution in [-0.2, 0) is 0 Å². The summed E-state index contributed by atoms with van der Waals surface area (Å²) in [6.45, 7) is 6.23. The maximum atomic E-state index is 13.3. The molecule has 1 aliphatic rings. The molecule has 0 spiro atoms. The first-order chi connectivity index (χ1) is 11.6. The third-order valence-electron chi connectivity index (χ3n) is 4.83. The summed E-state index contributed by atoms with van der Waals surface area (Å²) in [4.78, 5) is 21.6. The lowest BCUT2D eigenvalue weighted by atomic mass is 9.75. The highest BCUT2D eigenvalue weighted by atomic mass is 19.1. The van der Waals surface area contributed by atoms with E-state index in [-0.39, 0.29) is 5.56 Å². The molecule has 1 aromatic heterocycles. The van der Waals surface area contributed by atoms with Crippen LogP contribution in [0.5, 0.6) is 11.5 Å². The molecule has 0 N–H and O–H groups in total. The van der Waals surface area contributed by atoms with E-state index in [1.807, 2.05) is 0 Å². The van der Waals surface area contributed by atoms with Gasteiger partial charge in [-0.15, -0.1) is 0 Å². The lowest BCUT2D eigenvalue weighted by Gasteiger charge is -2.50.